The minimum atomic E-state index is -2.28. The van der Waals surface area contributed by atoms with Gasteiger partial charge in [0.2, 0.25) is 5.79 Å². The zero-order valence-electron chi connectivity index (χ0n) is 22.9. The average molecular weight is 559 g/mol. The van der Waals surface area contributed by atoms with E-state index in [2.05, 4.69) is 0 Å². The molecule has 0 amide bonds. The Labute approximate surface area is 230 Å². The summed E-state index contributed by atoms with van der Waals surface area (Å²) in [5.41, 5.74) is -9.52. The van der Waals surface area contributed by atoms with Crippen molar-refractivity contribution in [2.45, 2.75) is 93.3 Å². The Morgan fingerprint density at radius 1 is 1.10 bits per heavy atom. The van der Waals surface area contributed by atoms with E-state index in [-0.39, 0.29) is 44.5 Å². The molecule has 8 aliphatic rings. The summed E-state index contributed by atoms with van der Waals surface area (Å²) in [5.74, 6) is -7.78. The van der Waals surface area contributed by atoms with Crippen molar-refractivity contribution in [2.75, 3.05) is 13.7 Å². The monoisotopic (exact) mass is 558 g/mol. The van der Waals surface area contributed by atoms with Gasteiger partial charge in [0.15, 0.2) is 28.4 Å². The molecule has 2 saturated carbocycles. The van der Waals surface area contributed by atoms with Crippen molar-refractivity contribution in [1.29, 1.82) is 0 Å². The Morgan fingerprint density at radius 2 is 1.85 bits per heavy atom. The molecule has 11 heteroatoms. The van der Waals surface area contributed by atoms with Crippen LogP contribution in [0.2, 0.25) is 0 Å². The summed E-state index contributed by atoms with van der Waals surface area (Å²) in [6.45, 7) is 4.93. The highest BCUT2D eigenvalue weighted by atomic mass is 16.8. The van der Waals surface area contributed by atoms with Crippen LogP contribution in [-0.2, 0) is 42.9 Å². The first-order valence-electron chi connectivity index (χ1n) is 14.2. The van der Waals surface area contributed by atoms with Gasteiger partial charge in [-0.3, -0.25) is 14.4 Å². The van der Waals surface area contributed by atoms with Gasteiger partial charge < -0.3 is 33.9 Å². The predicted molar refractivity (Wildman–Crippen MR) is 130 cm³/mol. The molecule has 5 aliphatic heterocycles. The zero-order chi connectivity index (χ0) is 28.5. The van der Waals surface area contributed by atoms with Crippen LogP contribution in [0.5, 0.6) is 0 Å². The summed E-state index contributed by atoms with van der Waals surface area (Å²) in [4.78, 5) is 56.0. The van der Waals surface area contributed by atoms with Crippen molar-refractivity contribution in [1.82, 2.24) is 0 Å². The second-order valence-electron chi connectivity index (χ2n) is 13.9. The zero-order valence-corrected chi connectivity index (χ0v) is 22.9. The van der Waals surface area contributed by atoms with Crippen LogP contribution in [0.25, 0.3) is 0 Å². The number of carbonyl (C=O) groups is 4. The molecule has 2 spiro atoms. The molecule has 0 aromatic heterocycles. The molecule has 2 N–H and O–H groups in total. The number of hydrogen-bond donors (Lipinski definition) is 2. The molecule has 0 radical (unpaired) electrons. The fourth-order valence-corrected chi connectivity index (χ4v) is 11.0. The summed E-state index contributed by atoms with van der Waals surface area (Å²) >= 11 is 0. The van der Waals surface area contributed by atoms with Gasteiger partial charge in [-0.25, -0.2) is 4.79 Å². The van der Waals surface area contributed by atoms with Crippen LogP contribution in [-0.4, -0.2) is 87.8 Å². The average Bonchev–Trinajstić information content (AvgIpc) is 3.22. The summed E-state index contributed by atoms with van der Waals surface area (Å²) in [6.07, 6.45) is 1.55. The maximum absolute atomic E-state index is 15.0. The van der Waals surface area contributed by atoms with Crippen LogP contribution in [0.4, 0.5) is 0 Å². The number of fused-ring (bicyclic) bond motifs is 5. The Kier molecular flexibility index (Phi) is 4.39. The summed E-state index contributed by atoms with van der Waals surface area (Å²) in [6, 6.07) is 0. The first-order chi connectivity index (χ1) is 18.7. The maximum Gasteiger partial charge on any atom is 0.342 e. The van der Waals surface area contributed by atoms with Crippen LogP contribution in [0.15, 0.2) is 12.2 Å². The molecule has 13 atom stereocenters. The second kappa shape index (κ2) is 6.89. The van der Waals surface area contributed by atoms with Gasteiger partial charge in [0.25, 0.3) is 0 Å². The number of aliphatic hydroxyl groups is 2. The minimum Gasteiger partial charge on any atom is -0.458 e. The first kappa shape index (κ1) is 25.5. The Balaban J connectivity index is 1.43. The van der Waals surface area contributed by atoms with Crippen molar-refractivity contribution in [3.05, 3.63) is 12.2 Å². The molecule has 11 nitrogen and oxygen atoms in total. The third-order valence-corrected chi connectivity index (χ3v) is 13.0. The number of esters is 2. The van der Waals surface area contributed by atoms with Crippen LogP contribution >= 0.6 is 0 Å². The highest BCUT2D eigenvalue weighted by molar-refractivity contribution is 6.00. The van der Waals surface area contributed by atoms with Crippen molar-refractivity contribution in [2.24, 2.45) is 34.5 Å². The maximum atomic E-state index is 15.0. The molecule has 3 aliphatic carbocycles. The van der Waals surface area contributed by atoms with Crippen LogP contribution in [0, 0.1) is 34.5 Å². The van der Waals surface area contributed by atoms with Crippen LogP contribution < -0.4 is 0 Å². The molecule has 0 aromatic carbocycles. The molecular formula is C29H34O11. The Bertz CT molecular complexity index is 1340. The fourth-order valence-electron chi connectivity index (χ4n) is 11.0. The third kappa shape index (κ3) is 2.13. The summed E-state index contributed by atoms with van der Waals surface area (Å²) < 4.78 is 31.1. The second-order valence-corrected chi connectivity index (χ2v) is 13.9. The minimum absolute atomic E-state index is 0.0168. The molecule has 5 saturated heterocycles. The van der Waals surface area contributed by atoms with Gasteiger partial charge in [0.1, 0.15) is 11.7 Å². The number of rotatable bonds is 1. The molecule has 7 fully saturated rings. The molecular weight excluding hydrogens is 524 g/mol. The quantitative estimate of drug-likeness (QED) is 0.429. The fraction of sp³-hybridized carbons (Fsp3) is 0.793. The van der Waals surface area contributed by atoms with Gasteiger partial charge in [-0.2, -0.15) is 0 Å². The van der Waals surface area contributed by atoms with Gasteiger partial charge in [0, 0.05) is 13.0 Å². The van der Waals surface area contributed by atoms with Crippen LogP contribution in [0.3, 0.4) is 0 Å². The van der Waals surface area contributed by atoms with Crippen molar-refractivity contribution in [3.63, 3.8) is 0 Å². The number of allylic oxidation sites excluding steroid dienone is 1. The Morgan fingerprint density at radius 3 is 2.58 bits per heavy atom. The van der Waals surface area contributed by atoms with E-state index in [4.69, 9.17) is 23.7 Å². The van der Waals surface area contributed by atoms with E-state index in [0.29, 0.717) is 0 Å². The van der Waals surface area contributed by atoms with Crippen molar-refractivity contribution in [3.8, 4) is 0 Å². The topological polar surface area (TPSA) is 155 Å². The molecule has 40 heavy (non-hydrogen) atoms. The third-order valence-electron chi connectivity index (χ3n) is 13.0. The van der Waals surface area contributed by atoms with Gasteiger partial charge >= 0.3 is 11.9 Å². The number of ether oxygens (including phenoxy) is 5. The molecule has 0 aromatic rings. The standard InChI is InChI=1S/C29H34O11/c1-23-11-18-25(3)29-19(23)20(32)28(40-29,37-12-15(23)21(33)38-18)14-10-17(31)27(36-4)8-5-6-16(30)24(27,2)13(14)7-9-26(29,35)22(34)39-25/h5-6,13-15,17-19,31,35H,7-12H2,1-4H3/t13-,14+,15-,17+,18+,19-,23+,24-,25-,26-,27-,28-,29-/m0/s1. The van der Waals surface area contributed by atoms with Gasteiger partial charge in [-0.1, -0.05) is 13.0 Å². The molecule has 8 rings (SSSR count). The van der Waals surface area contributed by atoms with E-state index < -0.39 is 92.6 Å². The predicted octanol–water partition coefficient (Wildman–Crippen LogP) is 0.377. The first-order valence-corrected chi connectivity index (χ1v) is 14.2. The Hall–Kier alpha value is -2.18. The van der Waals surface area contributed by atoms with Gasteiger partial charge in [-0.15, -0.1) is 0 Å². The van der Waals surface area contributed by atoms with Crippen LogP contribution in [0.1, 0.15) is 52.9 Å². The highest BCUT2D eigenvalue weighted by Crippen LogP contribution is 2.75. The number of ketones is 2. The van der Waals surface area contributed by atoms with Gasteiger partial charge in [-0.05, 0) is 63.4 Å². The summed E-state index contributed by atoms with van der Waals surface area (Å²) in [5, 5.41) is 24.2. The number of carbonyl (C=O) groups excluding carboxylic acids is 4. The van der Waals surface area contributed by atoms with Crippen molar-refractivity contribution >= 4 is 23.5 Å². The van der Waals surface area contributed by atoms with E-state index in [1.54, 1.807) is 19.9 Å². The SMILES string of the molecule is CO[C@]12CC=CC(=O)[C@]1(C)[C@H]1CC[C@]3(O)C(=O)O[C@@]4(C)[C@H]5C[C@]6(C)[C@@H](CO[C@]7(O[C@@]43[C@H]6C7=O)[C@@H]1C[C@H]2O)C(=O)O5. The lowest BCUT2D eigenvalue weighted by molar-refractivity contribution is -0.382. The normalized spacial score (nSPS) is 60.8. The van der Waals surface area contributed by atoms with E-state index in [0.717, 1.165) is 0 Å². The molecule has 5 heterocycles. The molecule has 5 bridgehead atoms. The highest BCUT2D eigenvalue weighted by Gasteiger charge is 2.93. The number of Topliss-reactive ketones (excluding diaryl/α,β-unsaturated/α-hetero) is 1. The largest absolute Gasteiger partial charge is 0.458 e. The number of aliphatic hydroxyl groups excluding tert-OH is 1. The molecule has 0 unspecified atom stereocenters. The van der Waals surface area contributed by atoms with E-state index in [9.17, 15) is 29.4 Å². The van der Waals surface area contributed by atoms with Crippen molar-refractivity contribution < 1.29 is 53.1 Å². The van der Waals surface area contributed by atoms with E-state index in [1.807, 2.05) is 6.92 Å². The molecule has 216 valence electrons. The van der Waals surface area contributed by atoms with E-state index >= 15 is 0 Å². The lowest BCUT2D eigenvalue weighted by Crippen LogP contribution is -2.79. The lowest BCUT2D eigenvalue weighted by Gasteiger charge is -2.64. The smallest absolute Gasteiger partial charge is 0.342 e. The number of methoxy groups -OCH3 is 1. The number of hydrogen-bond acceptors (Lipinski definition) is 11. The summed E-state index contributed by atoms with van der Waals surface area (Å²) in [7, 11) is 1.46. The lowest BCUT2D eigenvalue weighted by atomic mass is 9.46. The van der Waals surface area contributed by atoms with E-state index in [1.165, 1.54) is 13.2 Å². The van der Waals surface area contributed by atoms with Gasteiger partial charge in [0.05, 0.1) is 30.0 Å².